The molecule has 1 aliphatic rings. The highest BCUT2D eigenvalue weighted by Crippen LogP contribution is 2.28. The molecule has 0 amide bonds. The average Bonchev–Trinajstić information content (AvgIpc) is 2.32. The Hall–Kier alpha value is -0.580. The second kappa shape index (κ2) is 5.17. The van der Waals surface area contributed by atoms with Gasteiger partial charge in [-0.3, -0.25) is 0 Å². The Morgan fingerprint density at radius 1 is 1.31 bits per heavy atom. The molecular weight excluding hydrogens is 249 g/mol. The van der Waals surface area contributed by atoms with Gasteiger partial charge in [0.15, 0.2) is 10.3 Å². The van der Waals surface area contributed by atoms with Crippen molar-refractivity contribution in [2.75, 3.05) is 25.2 Å². The van der Waals surface area contributed by atoms with Gasteiger partial charge in [-0.15, -0.1) is 10.2 Å². The normalized spacial score (nSPS) is 17.4. The fraction of sp³-hybridized carbons (Fsp3) is 0.600. The van der Waals surface area contributed by atoms with Crippen LogP contribution in [0.3, 0.4) is 0 Å². The molecule has 16 heavy (non-hydrogen) atoms. The summed E-state index contributed by atoms with van der Waals surface area (Å²) in [5, 5.41) is 8.25. The maximum atomic E-state index is 6.01. The van der Waals surface area contributed by atoms with E-state index in [9.17, 15) is 0 Å². The van der Waals surface area contributed by atoms with Crippen molar-refractivity contribution in [2.45, 2.75) is 18.9 Å². The van der Waals surface area contributed by atoms with Crippen molar-refractivity contribution in [2.24, 2.45) is 0 Å². The maximum Gasteiger partial charge on any atom is 0.175 e. The lowest BCUT2D eigenvalue weighted by Crippen LogP contribution is -2.36. The zero-order chi connectivity index (χ0) is 11.5. The number of halogens is 2. The lowest BCUT2D eigenvalue weighted by molar-refractivity contribution is 0.0855. The molecule has 2 rings (SSSR count). The third-order valence-corrected chi connectivity index (χ3v) is 3.27. The summed E-state index contributed by atoms with van der Waals surface area (Å²) in [6.45, 7) is 1.58. The van der Waals surface area contributed by atoms with Crippen LogP contribution in [0.2, 0.25) is 10.3 Å². The van der Waals surface area contributed by atoms with E-state index in [0.717, 1.165) is 31.7 Å². The monoisotopic (exact) mass is 261 g/mol. The van der Waals surface area contributed by atoms with E-state index in [1.165, 1.54) is 0 Å². The molecule has 0 bridgehead atoms. The molecule has 0 unspecified atom stereocenters. The summed E-state index contributed by atoms with van der Waals surface area (Å²) < 4.78 is 5.33. The molecule has 88 valence electrons. The predicted molar refractivity (Wildman–Crippen MR) is 64.3 cm³/mol. The van der Waals surface area contributed by atoms with Crippen LogP contribution in [0.15, 0.2) is 6.07 Å². The second-order valence-corrected chi connectivity index (χ2v) is 4.54. The summed E-state index contributed by atoms with van der Waals surface area (Å²) in [6.07, 6.45) is 1.99. The first-order chi connectivity index (χ1) is 7.68. The highest BCUT2D eigenvalue weighted by molar-refractivity contribution is 6.33. The van der Waals surface area contributed by atoms with Gasteiger partial charge < -0.3 is 9.64 Å². The summed E-state index contributed by atoms with van der Waals surface area (Å²) >= 11 is 11.8. The minimum atomic E-state index is 0.360. The molecule has 1 aliphatic heterocycles. The van der Waals surface area contributed by atoms with Crippen LogP contribution >= 0.6 is 23.2 Å². The van der Waals surface area contributed by atoms with Crippen LogP contribution in [0.25, 0.3) is 0 Å². The number of hydrogen-bond acceptors (Lipinski definition) is 4. The molecule has 2 heterocycles. The highest BCUT2D eigenvalue weighted by atomic mass is 35.5. The molecule has 4 nitrogen and oxygen atoms in total. The Morgan fingerprint density at radius 2 is 2.00 bits per heavy atom. The van der Waals surface area contributed by atoms with Gasteiger partial charge in [-0.25, -0.2) is 0 Å². The van der Waals surface area contributed by atoms with Gasteiger partial charge in [0.05, 0.1) is 5.69 Å². The average molecular weight is 262 g/mol. The molecule has 0 N–H and O–H groups in total. The van der Waals surface area contributed by atoms with Crippen molar-refractivity contribution in [3.05, 3.63) is 16.4 Å². The molecular formula is C10H13Cl2N3O. The molecule has 0 atom stereocenters. The molecule has 0 aliphatic carbocycles. The van der Waals surface area contributed by atoms with Crippen LogP contribution in [0.4, 0.5) is 5.69 Å². The Bertz CT molecular complexity index is 369. The van der Waals surface area contributed by atoms with Crippen molar-refractivity contribution < 1.29 is 4.74 Å². The lowest BCUT2D eigenvalue weighted by atomic mass is 10.1. The van der Waals surface area contributed by atoms with Gasteiger partial charge in [-0.2, -0.15) is 0 Å². The first-order valence-corrected chi connectivity index (χ1v) is 5.93. The second-order valence-electron chi connectivity index (χ2n) is 3.80. The zero-order valence-electron chi connectivity index (χ0n) is 8.99. The van der Waals surface area contributed by atoms with Gasteiger partial charge >= 0.3 is 0 Å². The molecule has 0 aromatic carbocycles. The van der Waals surface area contributed by atoms with Gasteiger partial charge in [0, 0.05) is 32.4 Å². The Kier molecular flexibility index (Phi) is 3.84. The fourth-order valence-electron chi connectivity index (χ4n) is 1.86. The fourth-order valence-corrected chi connectivity index (χ4v) is 2.23. The first-order valence-electron chi connectivity index (χ1n) is 5.18. The van der Waals surface area contributed by atoms with E-state index in [1.54, 1.807) is 6.07 Å². The van der Waals surface area contributed by atoms with Crippen LogP contribution in [0.1, 0.15) is 12.8 Å². The van der Waals surface area contributed by atoms with E-state index in [1.807, 2.05) is 7.05 Å². The van der Waals surface area contributed by atoms with Crippen LogP contribution in [-0.2, 0) is 4.74 Å². The van der Waals surface area contributed by atoms with E-state index in [4.69, 9.17) is 27.9 Å². The van der Waals surface area contributed by atoms with Crippen molar-refractivity contribution >= 4 is 28.9 Å². The molecule has 1 saturated heterocycles. The van der Waals surface area contributed by atoms with Crippen molar-refractivity contribution in [1.82, 2.24) is 10.2 Å². The quantitative estimate of drug-likeness (QED) is 0.820. The number of aromatic nitrogens is 2. The number of anilines is 1. The predicted octanol–water partition coefficient (Wildman–Crippen LogP) is 2.40. The van der Waals surface area contributed by atoms with E-state index in [2.05, 4.69) is 15.1 Å². The number of rotatable bonds is 2. The van der Waals surface area contributed by atoms with Gasteiger partial charge in [0.25, 0.3) is 0 Å². The van der Waals surface area contributed by atoms with Crippen LogP contribution in [-0.4, -0.2) is 36.5 Å². The summed E-state index contributed by atoms with van der Waals surface area (Å²) in [5.74, 6) is 0. The van der Waals surface area contributed by atoms with Gasteiger partial charge in [-0.1, -0.05) is 23.2 Å². The Morgan fingerprint density at radius 3 is 2.69 bits per heavy atom. The lowest BCUT2D eigenvalue weighted by Gasteiger charge is -2.32. The van der Waals surface area contributed by atoms with Gasteiger partial charge in [0.2, 0.25) is 0 Å². The molecule has 0 spiro atoms. The largest absolute Gasteiger partial charge is 0.381 e. The molecule has 1 aromatic heterocycles. The van der Waals surface area contributed by atoms with Crippen LogP contribution in [0, 0.1) is 0 Å². The highest BCUT2D eigenvalue weighted by Gasteiger charge is 2.21. The standard InChI is InChI=1S/C10H13Cl2N3O/c1-15(7-2-4-16-5-3-7)8-6-9(11)13-14-10(8)12/h6-7H,2-5H2,1H3. The van der Waals surface area contributed by atoms with Crippen molar-refractivity contribution in [1.29, 1.82) is 0 Å². The molecule has 0 saturated carbocycles. The molecule has 6 heteroatoms. The van der Waals surface area contributed by atoms with Crippen molar-refractivity contribution in [3.8, 4) is 0 Å². The molecule has 1 fully saturated rings. The third-order valence-electron chi connectivity index (χ3n) is 2.82. The maximum absolute atomic E-state index is 6.01. The number of nitrogens with zero attached hydrogens (tertiary/aromatic N) is 3. The minimum absolute atomic E-state index is 0.360. The minimum Gasteiger partial charge on any atom is -0.381 e. The molecule has 1 aromatic rings. The topological polar surface area (TPSA) is 38.2 Å². The van der Waals surface area contributed by atoms with Gasteiger partial charge in [-0.05, 0) is 12.8 Å². The summed E-state index contributed by atoms with van der Waals surface area (Å²) in [4.78, 5) is 2.10. The summed E-state index contributed by atoms with van der Waals surface area (Å²) in [6, 6.07) is 2.17. The third kappa shape index (κ3) is 2.56. The van der Waals surface area contributed by atoms with Crippen LogP contribution in [0.5, 0.6) is 0 Å². The summed E-state index contributed by atoms with van der Waals surface area (Å²) in [7, 11) is 2.00. The van der Waals surface area contributed by atoms with E-state index in [-0.39, 0.29) is 0 Å². The van der Waals surface area contributed by atoms with Crippen molar-refractivity contribution in [3.63, 3.8) is 0 Å². The molecule has 0 radical (unpaired) electrons. The number of ether oxygens (including phenoxy) is 1. The Labute approximate surface area is 105 Å². The van der Waals surface area contributed by atoms with Crippen LogP contribution < -0.4 is 4.90 Å². The van der Waals surface area contributed by atoms with E-state index in [0.29, 0.717) is 16.3 Å². The van der Waals surface area contributed by atoms with E-state index < -0.39 is 0 Å². The Balaban J connectivity index is 2.18. The van der Waals surface area contributed by atoms with E-state index >= 15 is 0 Å². The smallest absolute Gasteiger partial charge is 0.175 e. The zero-order valence-corrected chi connectivity index (χ0v) is 10.5. The van der Waals surface area contributed by atoms with Gasteiger partial charge in [0.1, 0.15) is 0 Å². The summed E-state index contributed by atoms with van der Waals surface area (Å²) in [5.41, 5.74) is 0.827. The SMILES string of the molecule is CN(c1cc(Cl)nnc1Cl)C1CCOCC1. The first kappa shape index (κ1) is 11.9. The number of hydrogen-bond donors (Lipinski definition) is 0.